The molecule has 1 aromatic rings. The Morgan fingerprint density at radius 3 is 2.75 bits per heavy atom. The molecule has 0 aliphatic carbocycles. The van der Waals surface area contributed by atoms with Gasteiger partial charge in [-0.15, -0.1) is 0 Å². The van der Waals surface area contributed by atoms with Gasteiger partial charge in [0.1, 0.15) is 0 Å². The fourth-order valence-corrected chi connectivity index (χ4v) is 1.26. The third-order valence-corrected chi connectivity index (χ3v) is 2.27. The van der Waals surface area contributed by atoms with Crippen LogP contribution >= 0.6 is 31.9 Å². The van der Waals surface area contributed by atoms with E-state index in [1.54, 1.807) is 0 Å². The Bertz CT molecular complexity index is 336. The van der Waals surface area contributed by atoms with Gasteiger partial charge < -0.3 is 5.73 Å². The lowest BCUT2D eigenvalue weighted by atomic mass is 10.2. The van der Waals surface area contributed by atoms with Gasteiger partial charge in [0.2, 0.25) is 0 Å². The number of nitrogen functional groups attached to an aromatic ring is 1. The number of alkyl halides is 1. The topological polar surface area (TPSA) is 26.0 Å². The van der Waals surface area contributed by atoms with Crippen molar-refractivity contribution < 1.29 is 0 Å². The SMILES string of the molecule is Nc1ccc(C#CCBr)cc1Br. The Kier molecular flexibility index (Phi) is 3.64. The van der Waals surface area contributed by atoms with Crippen molar-refractivity contribution in [2.45, 2.75) is 0 Å². The van der Waals surface area contributed by atoms with E-state index in [1.165, 1.54) is 0 Å². The number of hydrogen-bond donors (Lipinski definition) is 1. The summed E-state index contributed by atoms with van der Waals surface area (Å²) >= 11 is 6.56. The summed E-state index contributed by atoms with van der Waals surface area (Å²) in [7, 11) is 0. The molecule has 0 saturated carbocycles. The molecule has 0 spiro atoms. The first kappa shape index (κ1) is 9.63. The molecule has 0 saturated heterocycles. The summed E-state index contributed by atoms with van der Waals surface area (Å²) in [4.78, 5) is 0. The smallest absolute Gasteiger partial charge is 0.0649 e. The van der Waals surface area contributed by atoms with Crippen LogP contribution in [0.1, 0.15) is 5.56 Å². The van der Waals surface area contributed by atoms with Gasteiger partial charge in [0, 0.05) is 15.7 Å². The highest BCUT2D eigenvalue weighted by Gasteiger charge is 1.94. The van der Waals surface area contributed by atoms with Gasteiger partial charge in [0.05, 0.1) is 5.33 Å². The zero-order valence-corrected chi connectivity index (χ0v) is 9.44. The molecule has 0 radical (unpaired) electrons. The van der Waals surface area contributed by atoms with E-state index in [2.05, 4.69) is 43.7 Å². The lowest BCUT2D eigenvalue weighted by Gasteiger charge is -1.96. The monoisotopic (exact) mass is 287 g/mol. The van der Waals surface area contributed by atoms with Crippen molar-refractivity contribution >= 4 is 37.5 Å². The van der Waals surface area contributed by atoms with Gasteiger partial charge in [-0.2, -0.15) is 0 Å². The standard InChI is InChI=1S/C9H7Br2N/c10-5-1-2-7-3-4-9(12)8(11)6-7/h3-4,6H,5,12H2. The molecule has 0 amide bonds. The minimum absolute atomic E-state index is 0.689. The first-order valence-corrected chi connectivity index (χ1v) is 5.25. The van der Waals surface area contributed by atoms with Gasteiger partial charge in [0.15, 0.2) is 0 Å². The number of halogens is 2. The summed E-state index contributed by atoms with van der Waals surface area (Å²) in [6, 6.07) is 5.64. The average molecular weight is 289 g/mol. The summed E-state index contributed by atoms with van der Waals surface area (Å²) in [5.41, 5.74) is 7.32. The Morgan fingerprint density at radius 1 is 1.42 bits per heavy atom. The molecule has 3 heteroatoms. The molecule has 0 fully saturated rings. The van der Waals surface area contributed by atoms with Gasteiger partial charge in [-0.05, 0) is 34.1 Å². The Labute approximate surface area is 88.6 Å². The molecule has 1 rings (SSSR count). The Balaban J connectivity index is 2.97. The van der Waals surface area contributed by atoms with Gasteiger partial charge in [-0.3, -0.25) is 0 Å². The first-order valence-electron chi connectivity index (χ1n) is 3.34. The van der Waals surface area contributed by atoms with Crippen molar-refractivity contribution in [3.63, 3.8) is 0 Å². The molecule has 0 atom stereocenters. The molecular formula is C9H7Br2N. The third kappa shape index (κ3) is 2.54. The minimum atomic E-state index is 0.689. The van der Waals surface area contributed by atoms with Crippen LogP contribution in [0.2, 0.25) is 0 Å². The second-order valence-corrected chi connectivity index (χ2v) is 3.59. The highest BCUT2D eigenvalue weighted by molar-refractivity contribution is 9.10. The predicted molar refractivity (Wildman–Crippen MR) is 59.2 cm³/mol. The Hall–Kier alpha value is -0.460. The average Bonchev–Trinajstić information content (AvgIpc) is 2.07. The number of benzene rings is 1. The van der Waals surface area contributed by atoms with Gasteiger partial charge in [0.25, 0.3) is 0 Å². The molecule has 0 aromatic heterocycles. The van der Waals surface area contributed by atoms with E-state index in [-0.39, 0.29) is 0 Å². The number of anilines is 1. The third-order valence-electron chi connectivity index (χ3n) is 1.30. The van der Waals surface area contributed by atoms with E-state index in [1.807, 2.05) is 18.2 Å². The number of hydrogen-bond acceptors (Lipinski definition) is 1. The molecule has 0 heterocycles. The molecule has 0 aliphatic rings. The van der Waals surface area contributed by atoms with Crippen LogP contribution in [0, 0.1) is 11.8 Å². The van der Waals surface area contributed by atoms with Gasteiger partial charge in [-0.25, -0.2) is 0 Å². The largest absolute Gasteiger partial charge is 0.398 e. The van der Waals surface area contributed by atoms with Gasteiger partial charge in [-0.1, -0.05) is 27.8 Å². The van der Waals surface area contributed by atoms with Crippen molar-refractivity contribution in [2.24, 2.45) is 0 Å². The van der Waals surface area contributed by atoms with Crippen LogP contribution in [0.5, 0.6) is 0 Å². The molecule has 1 aromatic carbocycles. The molecular weight excluding hydrogens is 282 g/mol. The summed E-state index contributed by atoms with van der Waals surface area (Å²) in [5, 5.41) is 0.689. The van der Waals surface area contributed by atoms with Crippen LogP contribution in [0.15, 0.2) is 22.7 Å². The predicted octanol–water partition coefficient (Wildman–Crippen LogP) is 2.78. The molecule has 0 unspecified atom stereocenters. The molecule has 2 N–H and O–H groups in total. The van der Waals surface area contributed by atoms with Gasteiger partial charge >= 0.3 is 0 Å². The van der Waals surface area contributed by atoms with Crippen LogP contribution in [0.4, 0.5) is 5.69 Å². The van der Waals surface area contributed by atoms with Crippen molar-refractivity contribution in [1.29, 1.82) is 0 Å². The maximum Gasteiger partial charge on any atom is 0.0649 e. The van der Waals surface area contributed by atoms with E-state index in [0.29, 0.717) is 5.33 Å². The fraction of sp³-hybridized carbons (Fsp3) is 0.111. The van der Waals surface area contributed by atoms with E-state index in [0.717, 1.165) is 15.7 Å². The minimum Gasteiger partial charge on any atom is -0.398 e. The quantitative estimate of drug-likeness (QED) is 0.443. The molecule has 0 aliphatic heterocycles. The normalized spacial score (nSPS) is 8.83. The molecule has 0 bridgehead atoms. The van der Waals surface area contributed by atoms with Crippen LogP contribution in [0.25, 0.3) is 0 Å². The zero-order valence-electron chi connectivity index (χ0n) is 6.27. The van der Waals surface area contributed by atoms with Crippen molar-refractivity contribution in [3.8, 4) is 11.8 Å². The first-order chi connectivity index (χ1) is 5.74. The summed E-state index contributed by atoms with van der Waals surface area (Å²) < 4.78 is 0.892. The van der Waals surface area contributed by atoms with Crippen molar-refractivity contribution in [2.75, 3.05) is 11.1 Å². The van der Waals surface area contributed by atoms with E-state index in [4.69, 9.17) is 5.73 Å². The molecule has 62 valence electrons. The Morgan fingerprint density at radius 2 is 2.17 bits per heavy atom. The number of nitrogens with two attached hydrogens (primary N) is 1. The maximum atomic E-state index is 5.61. The van der Waals surface area contributed by atoms with Crippen LogP contribution < -0.4 is 5.73 Å². The van der Waals surface area contributed by atoms with Crippen LogP contribution in [0.3, 0.4) is 0 Å². The van der Waals surface area contributed by atoms with Crippen molar-refractivity contribution in [3.05, 3.63) is 28.2 Å². The second kappa shape index (κ2) is 4.54. The maximum absolute atomic E-state index is 5.61. The van der Waals surface area contributed by atoms with Crippen LogP contribution in [-0.4, -0.2) is 5.33 Å². The zero-order chi connectivity index (χ0) is 8.97. The van der Waals surface area contributed by atoms with Crippen LogP contribution in [-0.2, 0) is 0 Å². The summed E-state index contributed by atoms with van der Waals surface area (Å²) in [6.07, 6.45) is 0. The molecule has 1 nitrogen and oxygen atoms in total. The second-order valence-electron chi connectivity index (χ2n) is 2.17. The lowest BCUT2D eigenvalue weighted by molar-refractivity contribution is 1.59. The highest BCUT2D eigenvalue weighted by Crippen LogP contribution is 2.19. The summed E-state index contributed by atoms with van der Waals surface area (Å²) in [6.45, 7) is 0. The van der Waals surface area contributed by atoms with E-state index >= 15 is 0 Å². The lowest BCUT2D eigenvalue weighted by Crippen LogP contribution is -1.86. The number of rotatable bonds is 0. The summed E-state index contributed by atoms with van der Waals surface area (Å²) in [5.74, 6) is 5.90. The van der Waals surface area contributed by atoms with E-state index in [9.17, 15) is 0 Å². The highest BCUT2D eigenvalue weighted by atomic mass is 79.9. The van der Waals surface area contributed by atoms with Crippen molar-refractivity contribution in [1.82, 2.24) is 0 Å². The fourth-order valence-electron chi connectivity index (χ4n) is 0.740. The van der Waals surface area contributed by atoms with E-state index < -0.39 is 0 Å². The molecule has 12 heavy (non-hydrogen) atoms.